The van der Waals surface area contributed by atoms with Gasteiger partial charge in [-0.25, -0.2) is 4.98 Å². The van der Waals surface area contributed by atoms with E-state index in [1.165, 1.54) is 5.69 Å². The summed E-state index contributed by atoms with van der Waals surface area (Å²) in [6.45, 7) is 11.4. The number of hydrogen-bond donors (Lipinski definition) is 1. The topological polar surface area (TPSA) is 43.8 Å². The summed E-state index contributed by atoms with van der Waals surface area (Å²) in [5.41, 5.74) is 7.05. The van der Waals surface area contributed by atoms with E-state index < -0.39 is 0 Å². The second-order valence-corrected chi connectivity index (χ2v) is 5.42. The molecule has 1 aromatic heterocycles. The van der Waals surface area contributed by atoms with Crippen molar-refractivity contribution in [2.24, 2.45) is 5.73 Å². The van der Waals surface area contributed by atoms with Crippen molar-refractivity contribution in [2.45, 2.75) is 45.6 Å². The van der Waals surface area contributed by atoms with Crippen LogP contribution in [0.5, 0.6) is 0 Å². The zero-order valence-corrected chi connectivity index (χ0v) is 9.83. The van der Waals surface area contributed by atoms with E-state index in [1.54, 1.807) is 0 Å². The smallest absolute Gasteiger partial charge is 0.0953 e. The Morgan fingerprint density at radius 2 is 1.86 bits per heavy atom. The van der Waals surface area contributed by atoms with Crippen LogP contribution in [0.15, 0.2) is 12.5 Å². The minimum Gasteiger partial charge on any atom is -0.328 e. The van der Waals surface area contributed by atoms with E-state index in [9.17, 15) is 0 Å². The normalized spacial score (nSPS) is 13.3. The van der Waals surface area contributed by atoms with Crippen LogP contribution in [0.3, 0.4) is 0 Å². The summed E-state index contributed by atoms with van der Waals surface area (Å²) in [4.78, 5) is 4.21. The average molecular weight is 195 g/mol. The lowest BCUT2D eigenvalue weighted by molar-refractivity contribution is 0.336. The van der Waals surface area contributed by atoms with E-state index in [1.807, 2.05) is 12.5 Å². The first-order valence-electron chi connectivity index (χ1n) is 5.02. The van der Waals surface area contributed by atoms with Crippen molar-refractivity contribution in [3.8, 4) is 0 Å². The van der Waals surface area contributed by atoms with Gasteiger partial charge >= 0.3 is 0 Å². The lowest BCUT2D eigenvalue weighted by Crippen LogP contribution is -2.37. The molecule has 1 aromatic rings. The minimum absolute atomic E-state index is 0.0564. The van der Waals surface area contributed by atoms with Crippen LogP contribution in [-0.4, -0.2) is 16.1 Å². The lowest BCUT2D eigenvalue weighted by Gasteiger charge is -2.31. The molecule has 0 radical (unpaired) electrons. The van der Waals surface area contributed by atoms with Gasteiger partial charge in [0.2, 0.25) is 0 Å². The quantitative estimate of drug-likeness (QED) is 0.783. The summed E-state index contributed by atoms with van der Waals surface area (Å²) in [5, 5.41) is 0. The Bertz CT molecular complexity index is 305. The number of nitrogens with two attached hydrogens (primary N) is 1. The third-order valence-corrected chi connectivity index (χ3v) is 2.56. The van der Waals surface area contributed by atoms with Gasteiger partial charge < -0.3 is 10.3 Å². The fraction of sp³-hybridized carbons (Fsp3) is 0.727. The molecule has 1 rings (SSSR count). The zero-order valence-electron chi connectivity index (χ0n) is 9.83. The van der Waals surface area contributed by atoms with Crippen LogP contribution in [0.1, 0.15) is 40.3 Å². The van der Waals surface area contributed by atoms with Crippen molar-refractivity contribution in [3.05, 3.63) is 18.2 Å². The van der Waals surface area contributed by atoms with E-state index >= 15 is 0 Å². The van der Waals surface area contributed by atoms with Crippen molar-refractivity contribution in [3.63, 3.8) is 0 Å². The molecular formula is C11H21N3. The number of imidazole rings is 1. The van der Waals surface area contributed by atoms with Gasteiger partial charge in [0.1, 0.15) is 0 Å². The van der Waals surface area contributed by atoms with E-state index in [0.29, 0.717) is 6.54 Å². The van der Waals surface area contributed by atoms with Gasteiger partial charge in [0.05, 0.1) is 11.9 Å². The number of hydrogen-bond acceptors (Lipinski definition) is 2. The van der Waals surface area contributed by atoms with Gasteiger partial charge in [-0.2, -0.15) is 0 Å². The van der Waals surface area contributed by atoms with Crippen LogP contribution >= 0.6 is 0 Å². The molecule has 2 N–H and O–H groups in total. The van der Waals surface area contributed by atoms with Gasteiger partial charge in [0.25, 0.3) is 0 Å². The number of aromatic nitrogens is 2. The summed E-state index contributed by atoms with van der Waals surface area (Å²) in [5.74, 6) is 0. The first-order valence-corrected chi connectivity index (χ1v) is 5.02. The summed E-state index contributed by atoms with van der Waals surface area (Å²) >= 11 is 0. The Kier molecular flexibility index (Phi) is 2.72. The van der Waals surface area contributed by atoms with Crippen molar-refractivity contribution >= 4 is 0 Å². The highest BCUT2D eigenvalue weighted by molar-refractivity contribution is 5.13. The molecule has 3 nitrogen and oxygen atoms in total. The molecule has 0 atom stereocenters. The molecule has 0 bridgehead atoms. The van der Waals surface area contributed by atoms with Gasteiger partial charge in [-0.15, -0.1) is 0 Å². The van der Waals surface area contributed by atoms with E-state index in [2.05, 4.69) is 44.2 Å². The highest BCUT2D eigenvalue weighted by Crippen LogP contribution is 2.26. The fourth-order valence-electron chi connectivity index (χ4n) is 1.43. The van der Waals surface area contributed by atoms with Crippen LogP contribution in [0.25, 0.3) is 0 Å². The molecule has 0 amide bonds. The van der Waals surface area contributed by atoms with Crippen LogP contribution < -0.4 is 5.73 Å². The van der Waals surface area contributed by atoms with Crippen LogP contribution in [-0.2, 0) is 11.0 Å². The summed E-state index contributed by atoms with van der Waals surface area (Å²) in [6, 6.07) is 0. The molecule has 1 heterocycles. The van der Waals surface area contributed by atoms with Gasteiger partial charge in [0, 0.05) is 23.9 Å². The SMILES string of the molecule is CC(C)(C)c1cncn1C(C)(C)CN. The molecule has 3 heteroatoms. The molecule has 80 valence electrons. The maximum atomic E-state index is 5.76. The Hall–Kier alpha value is -0.830. The highest BCUT2D eigenvalue weighted by Gasteiger charge is 2.26. The van der Waals surface area contributed by atoms with E-state index in [4.69, 9.17) is 5.73 Å². The summed E-state index contributed by atoms with van der Waals surface area (Å²) in [7, 11) is 0. The molecule has 0 aliphatic heterocycles. The molecule has 0 unspecified atom stereocenters. The van der Waals surface area contributed by atoms with E-state index in [-0.39, 0.29) is 11.0 Å². The minimum atomic E-state index is -0.0564. The molecule has 0 spiro atoms. The molecular weight excluding hydrogens is 174 g/mol. The number of nitrogens with zero attached hydrogens (tertiary/aromatic N) is 2. The molecule has 14 heavy (non-hydrogen) atoms. The second-order valence-electron chi connectivity index (χ2n) is 5.42. The Morgan fingerprint density at radius 1 is 1.29 bits per heavy atom. The Balaban J connectivity index is 3.18. The van der Waals surface area contributed by atoms with Crippen LogP contribution in [0, 0.1) is 0 Å². The first kappa shape index (κ1) is 11.2. The standard InChI is InChI=1S/C11H21N3/c1-10(2,3)9-6-13-8-14(9)11(4,5)7-12/h6,8H,7,12H2,1-5H3. The first-order chi connectivity index (χ1) is 6.29. The highest BCUT2D eigenvalue weighted by atomic mass is 15.1. The largest absolute Gasteiger partial charge is 0.328 e. The van der Waals surface area contributed by atoms with Crippen molar-refractivity contribution in [2.75, 3.05) is 6.54 Å². The Morgan fingerprint density at radius 3 is 2.29 bits per heavy atom. The molecule has 0 saturated heterocycles. The predicted molar refractivity (Wildman–Crippen MR) is 59.3 cm³/mol. The van der Waals surface area contributed by atoms with Gasteiger partial charge in [-0.3, -0.25) is 0 Å². The van der Waals surface area contributed by atoms with Gasteiger partial charge in [0.15, 0.2) is 0 Å². The number of rotatable bonds is 2. The maximum Gasteiger partial charge on any atom is 0.0953 e. The summed E-state index contributed by atoms with van der Waals surface area (Å²) < 4.78 is 2.17. The molecule has 0 aliphatic carbocycles. The lowest BCUT2D eigenvalue weighted by atomic mass is 9.91. The predicted octanol–water partition coefficient (Wildman–Crippen LogP) is 1.87. The second kappa shape index (κ2) is 3.39. The molecule has 0 fully saturated rings. The van der Waals surface area contributed by atoms with Crippen molar-refractivity contribution in [1.82, 2.24) is 9.55 Å². The molecule has 0 saturated carbocycles. The summed E-state index contributed by atoms with van der Waals surface area (Å²) in [6.07, 6.45) is 3.80. The molecule has 0 aliphatic rings. The van der Waals surface area contributed by atoms with Crippen molar-refractivity contribution in [1.29, 1.82) is 0 Å². The fourth-order valence-corrected chi connectivity index (χ4v) is 1.43. The third kappa shape index (κ3) is 1.98. The Labute approximate surface area is 86.3 Å². The maximum absolute atomic E-state index is 5.76. The zero-order chi connectivity index (χ0) is 11.0. The molecule has 0 aromatic carbocycles. The third-order valence-electron chi connectivity index (χ3n) is 2.56. The van der Waals surface area contributed by atoms with E-state index in [0.717, 1.165) is 0 Å². The monoisotopic (exact) mass is 195 g/mol. The van der Waals surface area contributed by atoms with Gasteiger partial charge in [-0.05, 0) is 13.8 Å². The van der Waals surface area contributed by atoms with Gasteiger partial charge in [-0.1, -0.05) is 20.8 Å². The van der Waals surface area contributed by atoms with Crippen LogP contribution in [0.2, 0.25) is 0 Å². The van der Waals surface area contributed by atoms with Crippen molar-refractivity contribution < 1.29 is 0 Å². The average Bonchev–Trinajstić information content (AvgIpc) is 2.51. The van der Waals surface area contributed by atoms with Crippen LogP contribution in [0.4, 0.5) is 0 Å².